The minimum Gasteiger partial charge on any atom is -0.388 e. The van der Waals surface area contributed by atoms with Crippen LogP contribution in [0.15, 0.2) is 11.8 Å². The van der Waals surface area contributed by atoms with Crippen LogP contribution in [0, 0.1) is 0 Å². The van der Waals surface area contributed by atoms with Crippen LogP contribution in [-0.4, -0.2) is 18.1 Å². The molecule has 1 fully saturated rings. The second kappa shape index (κ2) is 5.37. The standard InChI is InChI=1S/C11H23N3/c1-8(9(2)12)7-14-11-5-3-10(13)4-6-11/h7,9-11,14H,3-6,12-13H2,1-2H3/b8-7-. The van der Waals surface area contributed by atoms with E-state index in [0.717, 1.165) is 12.8 Å². The largest absolute Gasteiger partial charge is 0.388 e. The smallest absolute Gasteiger partial charge is 0.0256 e. The van der Waals surface area contributed by atoms with Crippen LogP contribution >= 0.6 is 0 Å². The Morgan fingerprint density at radius 3 is 2.43 bits per heavy atom. The number of hydrogen-bond donors (Lipinski definition) is 3. The highest BCUT2D eigenvalue weighted by atomic mass is 14.9. The molecule has 14 heavy (non-hydrogen) atoms. The Morgan fingerprint density at radius 2 is 1.93 bits per heavy atom. The third-order valence-electron chi connectivity index (χ3n) is 3.04. The molecule has 0 bridgehead atoms. The third kappa shape index (κ3) is 3.68. The normalized spacial score (nSPS) is 31.3. The molecule has 3 nitrogen and oxygen atoms in total. The van der Waals surface area contributed by atoms with E-state index in [-0.39, 0.29) is 6.04 Å². The molecule has 0 aliphatic heterocycles. The molecule has 1 unspecified atom stereocenters. The van der Waals surface area contributed by atoms with Gasteiger partial charge in [-0.15, -0.1) is 0 Å². The Labute approximate surface area is 86.9 Å². The van der Waals surface area contributed by atoms with Gasteiger partial charge in [-0.2, -0.15) is 0 Å². The quantitative estimate of drug-likeness (QED) is 0.635. The summed E-state index contributed by atoms with van der Waals surface area (Å²) in [5, 5.41) is 3.43. The molecule has 1 rings (SSSR count). The van der Waals surface area contributed by atoms with E-state index in [0.29, 0.717) is 12.1 Å². The fourth-order valence-electron chi connectivity index (χ4n) is 1.67. The summed E-state index contributed by atoms with van der Waals surface area (Å²) in [5.74, 6) is 0. The summed E-state index contributed by atoms with van der Waals surface area (Å²) in [6.07, 6.45) is 6.71. The highest BCUT2D eigenvalue weighted by Crippen LogP contribution is 2.16. The lowest BCUT2D eigenvalue weighted by molar-refractivity contribution is 0.365. The van der Waals surface area contributed by atoms with E-state index in [1.807, 2.05) is 6.92 Å². The molecular weight excluding hydrogens is 174 g/mol. The van der Waals surface area contributed by atoms with Crippen molar-refractivity contribution < 1.29 is 0 Å². The minimum absolute atomic E-state index is 0.147. The highest BCUT2D eigenvalue weighted by molar-refractivity contribution is 5.04. The van der Waals surface area contributed by atoms with Crippen molar-refractivity contribution in [2.75, 3.05) is 0 Å². The molecule has 0 aromatic rings. The Hall–Kier alpha value is -0.540. The van der Waals surface area contributed by atoms with Crippen LogP contribution in [0.25, 0.3) is 0 Å². The average molecular weight is 197 g/mol. The molecule has 0 saturated heterocycles. The summed E-state index contributed by atoms with van der Waals surface area (Å²) in [5.41, 5.74) is 12.8. The van der Waals surface area contributed by atoms with Gasteiger partial charge in [0.25, 0.3) is 0 Å². The van der Waals surface area contributed by atoms with Crippen LogP contribution in [-0.2, 0) is 0 Å². The molecule has 5 N–H and O–H groups in total. The summed E-state index contributed by atoms with van der Waals surface area (Å²) >= 11 is 0. The molecule has 1 aliphatic rings. The SMILES string of the molecule is C/C(=C/NC1CCC(N)CC1)C(C)N. The molecule has 0 aromatic carbocycles. The van der Waals surface area contributed by atoms with Crippen LogP contribution in [0.4, 0.5) is 0 Å². The molecular formula is C11H23N3. The first-order valence-corrected chi connectivity index (χ1v) is 5.53. The van der Waals surface area contributed by atoms with Gasteiger partial charge in [0.15, 0.2) is 0 Å². The molecule has 1 atom stereocenters. The second-order valence-electron chi connectivity index (χ2n) is 4.46. The van der Waals surface area contributed by atoms with Crippen LogP contribution in [0.1, 0.15) is 39.5 Å². The lowest BCUT2D eigenvalue weighted by Crippen LogP contribution is -2.35. The van der Waals surface area contributed by atoms with E-state index < -0.39 is 0 Å². The van der Waals surface area contributed by atoms with Crippen molar-refractivity contribution in [2.45, 2.75) is 57.7 Å². The lowest BCUT2D eigenvalue weighted by atomic mass is 9.92. The van der Waals surface area contributed by atoms with E-state index in [1.165, 1.54) is 18.4 Å². The van der Waals surface area contributed by atoms with Gasteiger partial charge in [0, 0.05) is 18.1 Å². The fourth-order valence-corrected chi connectivity index (χ4v) is 1.67. The molecule has 1 aliphatic carbocycles. The van der Waals surface area contributed by atoms with Gasteiger partial charge in [-0.25, -0.2) is 0 Å². The summed E-state index contributed by atoms with van der Waals surface area (Å²) < 4.78 is 0. The van der Waals surface area contributed by atoms with E-state index in [2.05, 4.69) is 18.4 Å². The van der Waals surface area contributed by atoms with Crippen LogP contribution in [0.3, 0.4) is 0 Å². The lowest BCUT2D eigenvalue weighted by Gasteiger charge is -2.26. The molecule has 1 saturated carbocycles. The van der Waals surface area contributed by atoms with Gasteiger partial charge in [-0.1, -0.05) is 0 Å². The number of hydrogen-bond acceptors (Lipinski definition) is 3. The van der Waals surface area contributed by atoms with Crippen molar-refractivity contribution in [3.05, 3.63) is 11.8 Å². The van der Waals surface area contributed by atoms with Gasteiger partial charge in [-0.05, 0) is 51.3 Å². The summed E-state index contributed by atoms with van der Waals surface area (Å²) in [6, 6.07) is 1.17. The zero-order chi connectivity index (χ0) is 10.6. The Bertz CT molecular complexity index is 191. The third-order valence-corrected chi connectivity index (χ3v) is 3.04. The topological polar surface area (TPSA) is 64.1 Å². The van der Waals surface area contributed by atoms with Crippen molar-refractivity contribution in [3.8, 4) is 0 Å². The van der Waals surface area contributed by atoms with Crippen molar-refractivity contribution in [3.63, 3.8) is 0 Å². The van der Waals surface area contributed by atoms with E-state index >= 15 is 0 Å². The van der Waals surface area contributed by atoms with Crippen molar-refractivity contribution in [2.24, 2.45) is 11.5 Å². The number of rotatable bonds is 3. The Kier molecular flexibility index (Phi) is 4.42. The molecule has 0 radical (unpaired) electrons. The predicted molar refractivity (Wildman–Crippen MR) is 60.8 cm³/mol. The molecule has 0 amide bonds. The monoisotopic (exact) mass is 197 g/mol. The van der Waals surface area contributed by atoms with Crippen LogP contribution < -0.4 is 16.8 Å². The fraction of sp³-hybridized carbons (Fsp3) is 0.818. The van der Waals surface area contributed by atoms with Gasteiger partial charge in [0.2, 0.25) is 0 Å². The van der Waals surface area contributed by atoms with Crippen LogP contribution in [0.2, 0.25) is 0 Å². The summed E-state index contributed by atoms with van der Waals surface area (Å²) in [7, 11) is 0. The summed E-state index contributed by atoms with van der Waals surface area (Å²) in [4.78, 5) is 0. The van der Waals surface area contributed by atoms with E-state index in [9.17, 15) is 0 Å². The van der Waals surface area contributed by atoms with Gasteiger partial charge in [-0.3, -0.25) is 0 Å². The van der Waals surface area contributed by atoms with Crippen molar-refractivity contribution in [1.29, 1.82) is 0 Å². The van der Waals surface area contributed by atoms with Gasteiger partial charge in [0.1, 0.15) is 0 Å². The maximum absolute atomic E-state index is 5.84. The minimum atomic E-state index is 0.147. The Balaban J connectivity index is 2.28. The van der Waals surface area contributed by atoms with E-state index in [1.54, 1.807) is 0 Å². The molecule has 0 spiro atoms. The van der Waals surface area contributed by atoms with Gasteiger partial charge >= 0.3 is 0 Å². The first kappa shape index (κ1) is 11.5. The zero-order valence-electron chi connectivity index (χ0n) is 9.29. The molecule has 0 heterocycles. The zero-order valence-corrected chi connectivity index (χ0v) is 9.29. The number of nitrogens with one attached hydrogen (secondary N) is 1. The number of nitrogens with two attached hydrogens (primary N) is 2. The molecule has 3 heteroatoms. The first-order chi connectivity index (χ1) is 6.59. The predicted octanol–water partition coefficient (Wildman–Crippen LogP) is 1.10. The maximum atomic E-state index is 5.84. The molecule has 0 aromatic heterocycles. The Morgan fingerprint density at radius 1 is 1.36 bits per heavy atom. The molecule has 82 valence electrons. The van der Waals surface area contributed by atoms with Gasteiger partial charge < -0.3 is 16.8 Å². The van der Waals surface area contributed by atoms with Gasteiger partial charge in [0.05, 0.1) is 0 Å². The van der Waals surface area contributed by atoms with Crippen molar-refractivity contribution in [1.82, 2.24) is 5.32 Å². The average Bonchev–Trinajstić information content (AvgIpc) is 2.16. The highest BCUT2D eigenvalue weighted by Gasteiger charge is 2.16. The van der Waals surface area contributed by atoms with Crippen LogP contribution in [0.5, 0.6) is 0 Å². The summed E-state index contributed by atoms with van der Waals surface area (Å²) in [6.45, 7) is 4.07. The second-order valence-corrected chi connectivity index (χ2v) is 4.46. The van der Waals surface area contributed by atoms with E-state index in [4.69, 9.17) is 11.5 Å². The maximum Gasteiger partial charge on any atom is 0.0256 e. The van der Waals surface area contributed by atoms with Crippen molar-refractivity contribution >= 4 is 0 Å². The first-order valence-electron chi connectivity index (χ1n) is 5.53.